The van der Waals surface area contributed by atoms with Gasteiger partial charge in [0.1, 0.15) is 0 Å². The highest BCUT2D eigenvalue weighted by Crippen LogP contribution is 2.41. The topological polar surface area (TPSA) is 75.6 Å². The number of hydrogen-bond donors (Lipinski definition) is 2. The summed E-state index contributed by atoms with van der Waals surface area (Å²) in [6.45, 7) is 6.56. The predicted octanol–water partition coefficient (Wildman–Crippen LogP) is 2.20. The smallest absolute Gasteiger partial charge is 0.308 e. The molecule has 0 aromatic carbocycles. The van der Waals surface area contributed by atoms with Gasteiger partial charge in [0.05, 0.1) is 11.3 Å². The summed E-state index contributed by atoms with van der Waals surface area (Å²) in [5, 5.41) is 11.9. The van der Waals surface area contributed by atoms with Gasteiger partial charge in [0.2, 0.25) is 5.91 Å². The minimum atomic E-state index is -0.882. The van der Waals surface area contributed by atoms with E-state index in [1.807, 2.05) is 6.92 Å². The number of hydrogen-bond acceptors (Lipinski definition) is 3. The number of carbonyl (C=O) groups is 2. The lowest BCUT2D eigenvalue weighted by atomic mass is 9.81. The third kappa shape index (κ3) is 4.20. The molecular weight excluding hydrogens is 258 g/mol. The van der Waals surface area contributed by atoms with Crippen molar-refractivity contribution in [3.8, 4) is 0 Å². The molecule has 5 heteroatoms. The van der Waals surface area contributed by atoms with Crippen LogP contribution in [0.3, 0.4) is 0 Å². The molecule has 0 aromatic rings. The molecule has 1 saturated carbocycles. The molecule has 20 heavy (non-hydrogen) atoms. The van der Waals surface area contributed by atoms with Gasteiger partial charge in [0.25, 0.3) is 0 Å². The monoisotopic (exact) mass is 285 g/mol. The van der Waals surface area contributed by atoms with Crippen LogP contribution >= 0.6 is 0 Å². The van der Waals surface area contributed by atoms with Gasteiger partial charge in [-0.15, -0.1) is 0 Å². The van der Waals surface area contributed by atoms with Crippen molar-refractivity contribution in [2.75, 3.05) is 13.2 Å². The Morgan fingerprint density at radius 3 is 2.40 bits per heavy atom. The van der Waals surface area contributed by atoms with Crippen LogP contribution in [-0.2, 0) is 14.3 Å². The molecule has 0 radical (unpaired) electrons. The normalized spacial score (nSPS) is 20.4. The average Bonchev–Trinajstić information content (AvgIpc) is 2.88. The molecule has 2 N–H and O–H groups in total. The molecule has 0 bridgehead atoms. The molecule has 1 amide bonds. The maximum absolute atomic E-state index is 12.5. The lowest BCUT2D eigenvalue weighted by Crippen LogP contribution is -2.47. The van der Waals surface area contributed by atoms with Crippen molar-refractivity contribution in [1.29, 1.82) is 0 Å². The van der Waals surface area contributed by atoms with Crippen molar-refractivity contribution in [2.24, 2.45) is 11.3 Å². The predicted molar refractivity (Wildman–Crippen MR) is 76.4 cm³/mol. The Balaban J connectivity index is 2.62. The molecule has 0 aliphatic heterocycles. The number of amides is 1. The van der Waals surface area contributed by atoms with Crippen LogP contribution in [0.25, 0.3) is 0 Å². The number of nitrogens with one attached hydrogen (secondary N) is 1. The van der Waals surface area contributed by atoms with Crippen molar-refractivity contribution in [1.82, 2.24) is 5.32 Å². The van der Waals surface area contributed by atoms with Crippen LogP contribution in [0.1, 0.15) is 52.9 Å². The summed E-state index contributed by atoms with van der Waals surface area (Å²) in [5.41, 5.74) is -0.359. The number of rotatable bonds is 8. The van der Waals surface area contributed by atoms with Gasteiger partial charge in [-0.2, -0.15) is 0 Å². The first kappa shape index (κ1) is 17.0. The summed E-state index contributed by atoms with van der Waals surface area (Å²) >= 11 is 0. The van der Waals surface area contributed by atoms with Crippen molar-refractivity contribution >= 4 is 11.9 Å². The summed E-state index contributed by atoms with van der Waals surface area (Å²) < 4.78 is 5.39. The Morgan fingerprint density at radius 2 is 1.90 bits per heavy atom. The number of ether oxygens (including phenoxy) is 1. The van der Waals surface area contributed by atoms with Crippen LogP contribution < -0.4 is 5.32 Å². The maximum Gasteiger partial charge on any atom is 0.308 e. The average molecular weight is 285 g/mol. The fourth-order valence-electron chi connectivity index (χ4n) is 2.75. The quantitative estimate of drug-likeness (QED) is 0.670. The second-order valence-corrected chi connectivity index (χ2v) is 5.82. The van der Waals surface area contributed by atoms with Gasteiger partial charge in [0, 0.05) is 19.3 Å². The third-order valence-electron chi connectivity index (χ3n) is 4.47. The zero-order valence-corrected chi connectivity index (χ0v) is 12.8. The summed E-state index contributed by atoms with van der Waals surface area (Å²) in [7, 11) is 0. The van der Waals surface area contributed by atoms with Crippen LogP contribution in [0, 0.1) is 11.3 Å². The Hall–Kier alpha value is -1.10. The van der Waals surface area contributed by atoms with Crippen molar-refractivity contribution in [3.63, 3.8) is 0 Å². The zero-order valence-electron chi connectivity index (χ0n) is 12.8. The van der Waals surface area contributed by atoms with E-state index in [9.17, 15) is 9.59 Å². The summed E-state index contributed by atoms with van der Waals surface area (Å²) in [5.74, 6) is -1.47. The Kier molecular flexibility index (Phi) is 6.46. The van der Waals surface area contributed by atoms with Crippen LogP contribution in [-0.4, -0.2) is 36.2 Å². The summed E-state index contributed by atoms with van der Waals surface area (Å²) in [4.78, 5) is 23.5. The van der Waals surface area contributed by atoms with Gasteiger partial charge in [-0.25, -0.2) is 0 Å². The van der Waals surface area contributed by atoms with Gasteiger partial charge in [-0.3, -0.25) is 9.59 Å². The fourth-order valence-corrected chi connectivity index (χ4v) is 2.75. The Morgan fingerprint density at radius 1 is 1.30 bits per heavy atom. The van der Waals surface area contributed by atoms with Gasteiger partial charge >= 0.3 is 5.97 Å². The Labute approximate surface area is 121 Å². The first-order valence-electron chi connectivity index (χ1n) is 7.54. The second-order valence-electron chi connectivity index (χ2n) is 5.82. The fraction of sp³-hybridized carbons (Fsp3) is 0.867. The van der Waals surface area contributed by atoms with Crippen LogP contribution in [0.2, 0.25) is 0 Å². The van der Waals surface area contributed by atoms with E-state index >= 15 is 0 Å². The third-order valence-corrected chi connectivity index (χ3v) is 4.47. The molecule has 2 atom stereocenters. The van der Waals surface area contributed by atoms with Gasteiger partial charge in [0.15, 0.2) is 0 Å². The van der Waals surface area contributed by atoms with E-state index in [0.717, 1.165) is 32.1 Å². The molecule has 0 aromatic heterocycles. The molecule has 1 aliphatic carbocycles. The first-order chi connectivity index (χ1) is 9.43. The van der Waals surface area contributed by atoms with Crippen molar-refractivity contribution < 1.29 is 19.4 Å². The lowest BCUT2D eigenvalue weighted by molar-refractivity contribution is -0.142. The van der Waals surface area contributed by atoms with Crippen LogP contribution in [0.5, 0.6) is 0 Å². The molecule has 116 valence electrons. The zero-order chi connectivity index (χ0) is 15.2. The highest BCUT2D eigenvalue weighted by molar-refractivity contribution is 5.84. The molecular formula is C15H27NO4. The summed E-state index contributed by atoms with van der Waals surface area (Å²) in [6, 6.07) is -0.357. The van der Waals surface area contributed by atoms with E-state index in [-0.39, 0.29) is 17.4 Å². The highest BCUT2D eigenvalue weighted by atomic mass is 16.5. The molecule has 2 unspecified atom stereocenters. The lowest BCUT2D eigenvalue weighted by Gasteiger charge is -2.30. The number of carbonyl (C=O) groups excluding carboxylic acids is 1. The maximum atomic E-state index is 12.5. The van der Waals surface area contributed by atoms with Crippen molar-refractivity contribution in [2.45, 2.75) is 58.9 Å². The minimum absolute atomic E-state index is 0.00435. The second kappa shape index (κ2) is 7.62. The van der Waals surface area contributed by atoms with Gasteiger partial charge in [-0.1, -0.05) is 12.8 Å². The van der Waals surface area contributed by atoms with Gasteiger partial charge < -0.3 is 15.2 Å². The van der Waals surface area contributed by atoms with Crippen LogP contribution in [0.4, 0.5) is 0 Å². The van der Waals surface area contributed by atoms with E-state index in [4.69, 9.17) is 9.84 Å². The van der Waals surface area contributed by atoms with Gasteiger partial charge in [-0.05, 0) is 40.0 Å². The van der Waals surface area contributed by atoms with E-state index in [0.29, 0.717) is 13.2 Å². The number of aliphatic carboxylic acids is 1. The molecule has 1 rings (SSSR count). The largest absolute Gasteiger partial charge is 0.481 e. The summed E-state index contributed by atoms with van der Waals surface area (Å²) in [6.07, 6.45) is 4.59. The molecule has 0 saturated heterocycles. The molecule has 0 spiro atoms. The Bertz CT molecular complexity index is 337. The van der Waals surface area contributed by atoms with E-state index < -0.39 is 11.9 Å². The van der Waals surface area contributed by atoms with E-state index in [2.05, 4.69) is 5.32 Å². The molecule has 0 heterocycles. The molecule has 1 aliphatic rings. The number of carboxylic acids is 1. The van der Waals surface area contributed by atoms with E-state index in [1.165, 1.54) is 0 Å². The van der Waals surface area contributed by atoms with Crippen molar-refractivity contribution in [3.05, 3.63) is 0 Å². The minimum Gasteiger partial charge on any atom is -0.481 e. The van der Waals surface area contributed by atoms with Crippen LogP contribution in [0.15, 0.2) is 0 Å². The first-order valence-corrected chi connectivity index (χ1v) is 7.54. The van der Waals surface area contributed by atoms with E-state index in [1.54, 1.807) is 13.8 Å². The molecule has 5 nitrogen and oxygen atoms in total. The highest BCUT2D eigenvalue weighted by Gasteiger charge is 2.41. The number of carboxylic acid groups (broad SMARTS) is 1. The standard InChI is InChI=1S/C15H27NO4/c1-4-20-10-9-15(7-5-6-8-15)14(19)16-12(3)11(2)13(17)18/h11-12H,4-10H2,1-3H3,(H,16,19)(H,17,18). The molecule has 1 fully saturated rings. The SMILES string of the molecule is CCOCCC1(C(=O)NC(C)C(C)C(=O)O)CCCC1.